The number of benzene rings is 2. The van der Waals surface area contributed by atoms with Gasteiger partial charge >= 0.3 is 0 Å². The highest BCUT2D eigenvalue weighted by atomic mass is 16.5. The minimum atomic E-state index is -0.246. The summed E-state index contributed by atoms with van der Waals surface area (Å²) in [6, 6.07) is 16.3. The molecular formula is C23H26N2O4. The Hall–Kier alpha value is -3.28. The van der Waals surface area contributed by atoms with Crippen molar-refractivity contribution < 1.29 is 14.2 Å². The zero-order valence-corrected chi connectivity index (χ0v) is 17.2. The van der Waals surface area contributed by atoms with E-state index in [1.807, 2.05) is 30.3 Å². The Kier molecular flexibility index (Phi) is 6.22. The molecule has 0 saturated carbocycles. The molecule has 3 aromatic rings. The van der Waals surface area contributed by atoms with Gasteiger partial charge in [-0.1, -0.05) is 39.0 Å². The zero-order valence-electron chi connectivity index (χ0n) is 17.2. The Balaban J connectivity index is 1.77. The molecule has 1 heterocycles. The van der Waals surface area contributed by atoms with Crippen molar-refractivity contribution in [2.24, 2.45) is 5.41 Å². The smallest absolute Gasteiger partial charge is 0.271 e. The van der Waals surface area contributed by atoms with Crippen LogP contribution >= 0.6 is 0 Å². The molecule has 0 unspecified atom stereocenters. The fourth-order valence-electron chi connectivity index (χ4n) is 2.60. The molecule has 0 atom stereocenters. The third-order valence-corrected chi connectivity index (χ3v) is 4.06. The number of para-hydroxylation sites is 1. The largest absolute Gasteiger partial charge is 0.493 e. The van der Waals surface area contributed by atoms with E-state index in [1.165, 1.54) is 10.7 Å². The Morgan fingerprint density at radius 3 is 2.38 bits per heavy atom. The van der Waals surface area contributed by atoms with Crippen LogP contribution in [0, 0.1) is 5.41 Å². The minimum absolute atomic E-state index is 0.0276. The highest BCUT2D eigenvalue weighted by molar-refractivity contribution is 5.48. The summed E-state index contributed by atoms with van der Waals surface area (Å²) in [7, 11) is 1.57. The van der Waals surface area contributed by atoms with Crippen LogP contribution in [0.25, 0.3) is 5.69 Å². The minimum Gasteiger partial charge on any atom is -0.493 e. The molecule has 3 rings (SSSR count). The molecule has 2 aromatic carbocycles. The van der Waals surface area contributed by atoms with Gasteiger partial charge in [-0.3, -0.25) is 4.79 Å². The van der Waals surface area contributed by atoms with Crippen molar-refractivity contribution in [3.05, 3.63) is 76.7 Å². The molecule has 1 aromatic heterocycles. The maximum absolute atomic E-state index is 12.6. The molecule has 0 aliphatic carbocycles. The first-order valence-corrected chi connectivity index (χ1v) is 9.43. The van der Waals surface area contributed by atoms with E-state index in [4.69, 9.17) is 14.2 Å². The van der Waals surface area contributed by atoms with E-state index in [9.17, 15) is 4.79 Å². The SMILES string of the molecule is COc1cc(-n2ncc(COc3ccccc3)cc2=O)ccc1OCC(C)(C)C. The standard InChI is InChI=1S/C23H26N2O4/c1-23(2,3)16-29-20-11-10-18(13-21(20)27-4)25-22(26)12-17(14-24-25)15-28-19-8-6-5-7-9-19/h5-14H,15-16H2,1-4H3. The molecule has 0 aliphatic rings. The first kappa shape index (κ1) is 20.5. The van der Waals surface area contributed by atoms with Crippen molar-refractivity contribution in [1.82, 2.24) is 9.78 Å². The number of nitrogens with zero attached hydrogens (tertiary/aromatic N) is 2. The van der Waals surface area contributed by atoms with Crippen molar-refractivity contribution in [1.29, 1.82) is 0 Å². The highest BCUT2D eigenvalue weighted by Crippen LogP contribution is 2.30. The average Bonchev–Trinajstić information content (AvgIpc) is 2.71. The van der Waals surface area contributed by atoms with Crippen molar-refractivity contribution >= 4 is 0 Å². The Bertz CT molecular complexity index is 1010. The van der Waals surface area contributed by atoms with E-state index < -0.39 is 0 Å². The topological polar surface area (TPSA) is 62.6 Å². The summed E-state index contributed by atoms with van der Waals surface area (Å²) in [4.78, 5) is 12.6. The lowest BCUT2D eigenvalue weighted by Crippen LogP contribution is -2.21. The van der Waals surface area contributed by atoms with Gasteiger partial charge in [0.2, 0.25) is 0 Å². The van der Waals surface area contributed by atoms with E-state index in [1.54, 1.807) is 31.5 Å². The van der Waals surface area contributed by atoms with Gasteiger partial charge in [-0.2, -0.15) is 9.78 Å². The van der Waals surface area contributed by atoms with Crippen molar-refractivity contribution in [3.8, 4) is 22.9 Å². The van der Waals surface area contributed by atoms with Gasteiger partial charge in [0.25, 0.3) is 5.56 Å². The van der Waals surface area contributed by atoms with Crippen LogP contribution in [-0.4, -0.2) is 23.5 Å². The molecule has 6 nitrogen and oxygen atoms in total. The molecule has 29 heavy (non-hydrogen) atoms. The normalized spacial score (nSPS) is 11.2. The molecule has 152 valence electrons. The molecule has 0 spiro atoms. The molecule has 6 heteroatoms. The van der Waals surface area contributed by atoms with Crippen LogP contribution in [0.3, 0.4) is 0 Å². The summed E-state index contributed by atoms with van der Waals surface area (Å²) in [5.41, 5.74) is 1.09. The van der Waals surface area contributed by atoms with Crippen LogP contribution in [0.15, 0.2) is 65.6 Å². The lowest BCUT2D eigenvalue weighted by Gasteiger charge is -2.20. The number of methoxy groups -OCH3 is 1. The maximum Gasteiger partial charge on any atom is 0.271 e. The van der Waals surface area contributed by atoms with E-state index in [0.717, 1.165) is 5.75 Å². The summed E-state index contributed by atoms with van der Waals surface area (Å²) in [6.07, 6.45) is 1.63. The quantitative estimate of drug-likeness (QED) is 0.600. The predicted octanol–water partition coefficient (Wildman–Crippen LogP) is 4.25. The molecule has 0 N–H and O–H groups in total. The number of rotatable bonds is 7. The van der Waals surface area contributed by atoms with E-state index in [-0.39, 0.29) is 17.6 Å². The van der Waals surface area contributed by atoms with Gasteiger partial charge in [-0.25, -0.2) is 0 Å². The van der Waals surface area contributed by atoms with E-state index >= 15 is 0 Å². The molecule has 0 radical (unpaired) electrons. The van der Waals surface area contributed by atoms with Gasteiger partial charge in [-0.15, -0.1) is 0 Å². The third-order valence-electron chi connectivity index (χ3n) is 4.06. The Morgan fingerprint density at radius 2 is 1.72 bits per heavy atom. The van der Waals surface area contributed by atoms with E-state index in [0.29, 0.717) is 29.4 Å². The molecule has 0 amide bonds. The number of ether oxygens (including phenoxy) is 3. The van der Waals surface area contributed by atoms with Crippen molar-refractivity contribution in [3.63, 3.8) is 0 Å². The molecular weight excluding hydrogens is 368 g/mol. The van der Waals surface area contributed by atoms with Gasteiger partial charge < -0.3 is 14.2 Å². The monoisotopic (exact) mass is 394 g/mol. The van der Waals surface area contributed by atoms with Crippen LogP contribution in [0.4, 0.5) is 0 Å². The summed E-state index contributed by atoms with van der Waals surface area (Å²) in [5.74, 6) is 1.93. The van der Waals surface area contributed by atoms with Crippen LogP contribution in [0.5, 0.6) is 17.2 Å². The first-order valence-electron chi connectivity index (χ1n) is 9.43. The van der Waals surface area contributed by atoms with Gasteiger partial charge in [0, 0.05) is 17.7 Å². The fourth-order valence-corrected chi connectivity index (χ4v) is 2.60. The lowest BCUT2D eigenvalue weighted by atomic mass is 9.99. The summed E-state index contributed by atoms with van der Waals surface area (Å²) < 4.78 is 18.3. The van der Waals surface area contributed by atoms with Crippen LogP contribution in [0.2, 0.25) is 0 Å². The number of aromatic nitrogens is 2. The van der Waals surface area contributed by atoms with Gasteiger partial charge in [0.1, 0.15) is 12.4 Å². The highest BCUT2D eigenvalue weighted by Gasteiger charge is 2.14. The van der Waals surface area contributed by atoms with Crippen LogP contribution in [0.1, 0.15) is 26.3 Å². The fraction of sp³-hybridized carbons (Fsp3) is 0.304. The van der Waals surface area contributed by atoms with E-state index in [2.05, 4.69) is 25.9 Å². The Labute approximate surface area is 170 Å². The number of hydrogen-bond donors (Lipinski definition) is 0. The molecule has 0 fully saturated rings. The zero-order chi connectivity index (χ0) is 20.9. The number of hydrogen-bond acceptors (Lipinski definition) is 5. The third kappa shape index (κ3) is 5.60. The van der Waals surface area contributed by atoms with Gasteiger partial charge in [0.15, 0.2) is 11.5 Å². The second-order valence-corrected chi connectivity index (χ2v) is 7.90. The average molecular weight is 394 g/mol. The molecule has 0 saturated heterocycles. The predicted molar refractivity (Wildman–Crippen MR) is 112 cm³/mol. The molecule has 0 bridgehead atoms. The van der Waals surface area contributed by atoms with Gasteiger partial charge in [0.05, 0.1) is 25.6 Å². The Morgan fingerprint density at radius 1 is 0.966 bits per heavy atom. The second kappa shape index (κ2) is 8.82. The summed E-state index contributed by atoms with van der Waals surface area (Å²) in [5, 5.41) is 4.28. The lowest BCUT2D eigenvalue weighted by molar-refractivity contribution is 0.191. The van der Waals surface area contributed by atoms with Gasteiger partial charge in [-0.05, 0) is 29.7 Å². The summed E-state index contributed by atoms with van der Waals surface area (Å²) >= 11 is 0. The molecule has 0 aliphatic heterocycles. The second-order valence-electron chi connectivity index (χ2n) is 7.90. The first-order chi connectivity index (χ1) is 13.9. The summed E-state index contributed by atoms with van der Waals surface area (Å²) in [6.45, 7) is 7.12. The van der Waals surface area contributed by atoms with Crippen molar-refractivity contribution in [2.75, 3.05) is 13.7 Å². The van der Waals surface area contributed by atoms with Crippen molar-refractivity contribution in [2.45, 2.75) is 27.4 Å². The maximum atomic E-state index is 12.6. The van der Waals surface area contributed by atoms with Crippen LogP contribution in [-0.2, 0) is 6.61 Å². The van der Waals surface area contributed by atoms with Crippen LogP contribution < -0.4 is 19.8 Å².